The van der Waals surface area contributed by atoms with Gasteiger partial charge in [0.1, 0.15) is 0 Å². The molecule has 1 aliphatic carbocycles. The quantitative estimate of drug-likeness (QED) is 0.844. The number of carbonyl (C=O) groups is 2. The van der Waals surface area contributed by atoms with Crippen molar-refractivity contribution in [1.29, 1.82) is 0 Å². The highest BCUT2D eigenvalue weighted by atomic mass is 16.7. The zero-order valence-corrected chi connectivity index (χ0v) is 15.1. The summed E-state index contributed by atoms with van der Waals surface area (Å²) in [5.74, 6) is -0.789. The minimum Gasteiger partial charge on any atom is -0.349 e. The maximum atomic E-state index is 12.9. The number of ether oxygens (including phenoxy) is 2. The second-order valence-electron chi connectivity index (χ2n) is 7.10. The Morgan fingerprint density at radius 2 is 1.44 bits per heavy atom. The molecule has 1 saturated carbocycles. The molecule has 5 nitrogen and oxygen atoms in total. The van der Waals surface area contributed by atoms with Gasteiger partial charge in [0.15, 0.2) is 11.6 Å². The van der Waals surface area contributed by atoms with E-state index in [-0.39, 0.29) is 17.7 Å². The van der Waals surface area contributed by atoms with E-state index in [1.54, 1.807) is 36.4 Å². The molecule has 2 fully saturated rings. The van der Waals surface area contributed by atoms with Gasteiger partial charge in [-0.3, -0.25) is 9.59 Å². The molecule has 1 aliphatic heterocycles. The van der Waals surface area contributed by atoms with Crippen molar-refractivity contribution in [2.75, 3.05) is 13.2 Å². The fraction of sp³-hybridized carbons (Fsp3) is 0.364. The molecule has 140 valence electrons. The second kappa shape index (κ2) is 7.62. The van der Waals surface area contributed by atoms with Crippen LogP contribution in [-0.2, 0) is 9.47 Å². The van der Waals surface area contributed by atoms with E-state index in [0.717, 1.165) is 25.7 Å². The zero-order chi connectivity index (χ0) is 18.7. The van der Waals surface area contributed by atoms with Gasteiger partial charge in [-0.25, -0.2) is 0 Å². The van der Waals surface area contributed by atoms with E-state index in [1.807, 2.05) is 18.2 Å². The Morgan fingerprint density at radius 1 is 0.852 bits per heavy atom. The van der Waals surface area contributed by atoms with Crippen molar-refractivity contribution in [3.63, 3.8) is 0 Å². The molecular weight excluding hydrogens is 342 g/mol. The summed E-state index contributed by atoms with van der Waals surface area (Å²) in [5.41, 5.74) is 1.42. The van der Waals surface area contributed by atoms with Gasteiger partial charge in [0.05, 0.1) is 18.8 Å². The summed E-state index contributed by atoms with van der Waals surface area (Å²) in [7, 11) is 0. The summed E-state index contributed by atoms with van der Waals surface area (Å²) in [4.78, 5) is 25.7. The van der Waals surface area contributed by atoms with Crippen molar-refractivity contribution in [2.45, 2.75) is 37.5 Å². The van der Waals surface area contributed by atoms with Crippen LogP contribution in [0.2, 0.25) is 0 Å². The number of amides is 1. The highest BCUT2D eigenvalue weighted by Crippen LogP contribution is 2.35. The van der Waals surface area contributed by atoms with Gasteiger partial charge < -0.3 is 14.8 Å². The summed E-state index contributed by atoms with van der Waals surface area (Å²) in [6.45, 7) is 1.29. The largest absolute Gasteiger partial charge is 0.349 e. The SMILES string of the molecule is O=C(NC1CCC2(CC1)OCCO2)c1ccccc1C(=O)c1ccccc1. The van der Waals surface area contributed by atoms with E-state index in [9.17, 15) is 9.59 Å². The zero-order valence-electron chi connectivity index (χ0n) is 15.1. The van der Waals surface area contributed by atoms with Gasteiger partial charge in [-0.05, 0) is 18.9 Å². The molecule has 4 rings (SSSR count). The second-order valence-corrected chi connectivity index (χ2v) is 7.10. The Bertz CT molecular complexity index is 817. The lowest BCUT2D eigenvalue weighted by Crippen LogP contribution is -2.44. The standard InChI is InChI=1S/C22H23NO4/c24-20(16-6-2-1-3-7-16)18-8-4-5-9-19(18)21(25)23-17-10-12-22(13-11-17)26-14-15-27-22/h1-9,17H,10-15H2,(H,23,25). The van der Waals surface area contributed by atoms with Gasteiger partial charge in [-0.2, -0.15) is 0 Å². The van der Waals surface area contributed by atoms with Crippen LogP contribution in [-0.4, -0.2) is 36.7 Å². The maximum absolute atomic E-state index is 12.9. The molecule has 1 heterocycles. The fourth-order valence-corrected chi connectivity index (χ4v) is 3.87. The van der Waals surface area contributed by atoms with Crippen molar-refractivity contribution < 1.29 is 19.1 Å². The lowest BCUT2D eigenvalue weighted by Gasteiger charge is -2.35. The highest BCUT2D eigenvalue weighted by molar-refractivity contribution is 6.15. The first-order valence-corrected chi connectivity index (χ1v) is 9.44. The molecule has 0 aromatic heterocycles. The number of ketones is 1. The Morgan fingerprint density at radius 3 is 2.11 bits per heavy atom. The van der Waals surface area contributed by atoms with E-state index >= 15 is 0 Å². The van der Waals surface area contributed by atoms with Crippen LogP contribution in [0.4, 0.5) is 0 Å². The first-order valence-electron chi connectivity index (χ1n) is 9.44. The van der Waals surface area contributed by atoms with E-state index < -0.39 is 5.79 Å². The predicted octanol–water partition coefficient (Wildman–Crippen LogP) is 3.33. The van der Waals surface area contributed by atoms with Gasteiger partial charge in [-0.1, -0.05) is 48.5 Å². The molecule has 2 aliphatic rings. The van der Waals surface area contributed by atoms with E-state index in [2.05, 4.69) is 5.32 Å². The maximum Gasteiger partial charge on any atom is 0.252 e. The summed E-state index contributed by atoms with van der Waals surface area (Å²) in [6.07, 6.45) is 3.17. The fourth-order valence-electron chi connectivity index (χ4n) is 3.87. The molecule has 1 saturated heterocycles. The third kappa shape index (κ3) is 3.80. The lowest BCUT2D eigenvalue weighted by molar-refractivity contribution is -0.179. The normalized spacial score (nSPS) is 19.1. The van der Waals surface area contributed by atoms with Crippen molar-refractivity contribution in [2.24, 2.45) is 0 Å². The number of nitrogens with one attached hydrogen (secondary N) is 1. The molecule has 2 aromatic carbocycles. The molecule has 1 spiro atoms. The lowest BCUT2D eigenvalue weighted by atomic mass is 9.89. The smallest absolute Gasteiger partial charge is 0.252 e. The van der Waals surface area contributed by atoms with Gasteiger partial charge in [0.2, 0.25) is 0 Å². The molecule has 5 heteroatoms. The van der Waals surface area contributed by atoms with E-state index in [1.165, 1.54) is 0 Å². The predicted molar refractivity (Wildman–Crippen MR) is 101 cm³/mol. The summed E-state index contributed by atoms with van der Waals surface area (Å²) < 4.78 is 11.5. The van der Waals surface area contributed by atoms with Crippen LogP contribution >= 0.6 is 0 Å². The monoisotopic (exact) mass is 365 g/mol. The molecular formula is C22H23NO4. The summed E-state index contributed by atoms with van der Waals surface area (Å²) in [5, 5.41) is 3.09. The molecule has 1 N–H and O–H groups in total. The first kappa shape index (κ1) is 17.9. The van der Waals surface area contributed by atoms with Gasteiger partial charge in [0, 0.05) is 30.0 Å². The minimum absolute atomic E-state index is 0.0656. The van der Waals surface area contributed by atoms with Crippen LogP contribution < -0.4 is 5.32 Å². The van der Waals surface area contributed by atoms with Gasteiger partial charge in [0.25, 0.3) is 5.91 Å². The Hall–Kier alpha value is -2.50. The molecule has 0 unspecified atom stereocenters. The van der Waals surface area contributed by atoms with Crippen LogP contribution in [0.5, 0.6) is 0 Å². The molecule has 0 bridgehead atoms. The molecule has 2 aromatic rings. The Kier molecular flexibility index (Phi) is 5.05. The number of rotatable bonds is 4. The van der Waals surface area contributed by atoms with Crippen molar-refractivity contribution in [3.8, 4) is 0 Å². The summed E-state index contributed by atoms with van der Waals surface area (Å²) in [6, 6.07) is 16.1. The van der Waals surface area contributed by atoms with Crippen LogP contribution in [0.25, 0.3) is 0 Å². The van der Waals surface area contributed by atoms with Crippen LogP contribution in [0.1, 0.15) is 52.0 Å². The van der Waals surface area contributed by atoms with E-state index in [0.29, 0.717) is 29.9 Å². The van der Waals surface area contributed by atoms with Gasteiger partial charge in [-0.15, -0.1) is 0 Å². The topological polar surface area (TPSA) is 64.6 Å². The third-order valence-corrected chi connectivity index (χ3v) is 5.35. The van der Waals surface area contributed by atoms with Crippen molar-refractivity contribution in [1.82, 2.24) is 5.32 Å². The third-order valence-electron chi connectivity index (χ3n) is 5.35. The Labute approximate surface area is 158 Å². The Balaban J connectivity index is 1.46. The highest BCUT2D eigenvalue weighted by Gasteiger charge is 2.40. The average Bonchev–Trinajstić information content (AvgIpc) is 3.18. The van der Waals surface area contributed by atoms with Crippen LogP contribution in [0, 0.1) is 0 Å². The minimum atomic E-state index is -0.442. The number of benzene rings is 2. The van der Waals surface area contributed by atoms with Crippen molar-refractivity contribution >= 4 is 11.7 Å². The van der Waals surface area contributed by atoms with E-state index in [4.69, 9.17) is 9.47 Å². The molecule has 0 atom stereocenters. The molecule has 27 heavy (non-hydrogen) atoms. The van der Waals surface area contributed by atoms with Crippen LogP contribution in [0.3, 0.4) is 0 Å². The van der Waals surface area contributed by atoms with Crippen molar-refractivity contribution in [3.05, 3.63) is 71.3 Å². The average molecular weight is 365 g/mol. The summed E-state index contributed by atoms with van der Waals surface area (Å²) >= 11 is 0. The number of hydrogen-bond acceptors (Lipinski definition) is 4. The first-order chi connectivity index (χ1) is 13.2. The number of hydrogen-bond donors (Lipinski definition) is 1. The molecule has 0 radical (unpaired) electrons. The number of carbonyl (C=O) groups excluding carboxylic acids is 2. The van der Waals surface area contributed by atoms with Crippen LogP contribution in [0.15, 0.2) is 54.6 Å². The van der Waals surface area contributed by atoms with Gasteiger partial charge >= 0.3 is 0 Å². The molecule has 1 amide bonds.